The van der Waals surface area contributed by atoms with Crippen molar-refractivity contribution in [2.24, 2.45) is 0 Å². The van der Waals surface area contributed by atoms with Gasteiger partial charge in [0.15, 0.2) is 5.76 Å². The highest BCUT2D eigenvalue weighted by Crippen LogP contribution is 2.24. The second-order valence-corrected chi connectivity index (χ2v) is 8.61. The quantitative estimate of drug-likeness (QED) is 0.821. The Balaban J connectivity index is 1.72. The Morgan fingerprint density at radius 3 is 2.70 bits per heavy atom. The normalized spacial score (nSPS) is 16.5. The molecule has 0 atom stereocenters. The van der Waals surface area contributed by atoms with Gasteiger partial charge in [0.25, 0.3) is 5.91 Å². The van der Waals surface area contributed by atoms with Crippen molar-refractivity contribution < 1.29 is 17.7 Å². The molecule has 10 heteroatoms. The fourth-order valence-electron chi connectivity index (χ4n) is 3.34. The number of carbonyl (C=O) groups is 1. The minimum Gasteiger partial charge on any atom is -0.360 e. The van der Waals surface area contributed by atoms with Crippen LogP contribution >= 0.6 is 0 Å². The first-order valence-electron chi connectivity index (χ1n) is 9.11. The fraction of sp³-hybridized carbons (Fsp3) is 0.588. The number of hydrogen-bond acceptors (Lipinski definition) is 6. The maximum absolute atomic E-state index is 13.0. The smallest absolute Gasteiger partial charge is 0.274 e. The van der Waals surface area contributed by atoms with E-state index in [1.807, 2.05) is 0 Å². The van der Waals surface area contributed by atoms with Crippen molar-refractivity contribution in [3.8, 4) is 0 Å². The molecule has 1 saturated heterocycles. The van der Waals surface area contributed by atoms with Gasteiger partial charge in [-0.3, -0.25) is 9.89 Å². The lowest BCUT2D eigenvalue weighted by Gasteiger charge is -2.21. The van der Waals surface area contributed by atoms with E-state index in [1.54, 1.807) is 24.8 Å². The average molecular weight is 395 g/mol. The molecular weight excluding hydrogens is 370 g/mol. The third kappa shape index (κ3) is 3.91. The van der Waals surface area contributed by atoms with Crippen molar-refractivity contribution in [3.05, 3.63) is 28.9 Å². The average Bonchev–Trinajstić information content (AvgIpc) is 3.12. The molecule has 1 amide bonds. The first-order chi connectivity index (χ1) is 12.8. The molecule has 3 heterocycles. The number of aryl methyl sites for hydroxylation is 3. The van der Waals surface area contributed by atoms with Crippen molar-refractivity contribution in [3.63, 3.8) is 0 Å². The minimum atomic E-state index is -3.70. The monoisotopic (exact) mass is 395 g/mol. The summed E-state index contributed by atoms with van der Waals surface area (Å²) in [5.41, 5.74) is 1.66. The van der Waals surface area contributed by atoms with Gasteiger partial charge in [0.05, 0.1) is 0 Å². The van der Waals surface area contributed by atoms with Gasteiger partial charge in [-0.1, -0.05) is 18.5 Å². The number of carbonyl (C=O) groups excluding carboxylic acids is 1. The third-order valence-corrected chi connectivity index (χ3v) is 6.82. The predicted molar refractivity (Wildman–Crippen MR) is 97.8 cm³/mol. The second-order valence-electron chi connectivity index (χ2n) is 6.73. The Labute approximate surface area is 158 Å². The predicted octanol–water partition coefficient (Wildman–Crippen LogP) is 1.50. The lowest BCUT2D eigenvalue weighted by atomic mass is 10.2. The number of nitrogens with one attached hydrogen (secondary N) is 1. The van der Waals surface area contributed by atoms with Gasteiger partial charge in [-0.2, -0.15) is 9.40 Å². The Kier molecular flexibility index (Phi) is 5.66. The summed E-state index contributed by atoms with van der Waals surface area (Å²) in [7, 11) is -3.70. The Bertz CT molecular complexity index is 898. The van der Waals surface area contributed by atoms with E-state index < -0.39 is 10.0 Å². The van der Waals surface area contributed by atoms with Crippen LogP contribution in [-0.4, -0.2) is 65.1 Å². The van der Waals surface area contributed by atoms with Crippen molar-refractivity contribution in [1.82, 2.24) is 24.6 Å². The summed E-state index contributed by atoms with van der Waals surface area (Å²) in [4.78, 5) is 14.5. The van der Waals surface area contributed by atoms with Crippen LogP contribution in [0.2, 0.25) is 0 Å². The van der Waals surface area contributed by atoms with Crippen LogP contribution in [0.5, 0.6) is 0 Å². The molecule has 27 heavy (non-hydrogen) atoms. The van der Waals surface area contributed by atoms with Crippen molar-refractivity contribution in [2.45, 2.75) is 44.9 Å². The number of rotatable bonds is 5. The van der Waals surface area contributed by atoms with E-state index in [2.05, 4.69) is 22.3 Å². The highest BCUT2D eigenvalue weighted by atomic mass is 32.2. The topological polar surface area (TPSA) is 112 Å². The summed E-state index contributed by atoms with van der Waals surface area (Å²) in [6.07, 6.45) is 2.36. The fourth-order valence-corrected chi connectivity index (χ4v) is 5.10. The van der Waals surface area contributed by atoms with E-state index in [0.29, 0.717) is 37.4 Å². The maximum atomic E-state index is 13.0. The number of sulfonamides is 1. The van der Waals surface area contributed by atoms with Crippen LogP contribution in [0.15, 0.2) is 15.5 Å². The molecule has 148 valence electrons. The van der Waals surface area contributed by atoms with Crippen LogP contribution in [0.25, 0.3) is 0 Å². The SMILES string of the molecule is CCCc1cc(C(=O)N2CCCN(S(=O)(=O)c3c(C)noc3C)CC2)n[nH]1. The Morgan fingerprint density at radius 1 is 1.26 bits per heavy atom. The van der Waals surface area contributed by atoms with Gasteiger partial charge in [0, 0.05) is 31.9 Å². The van der Waals surface area contributed by atoms with E-state index in [1.165, 1.54) is 4.31 Å². The molecule has 0 radical (unpaired) electrons. The molecule has 0 aromatic carbocycles. The molecule has 0 bridgehead atoms. The van der Waals surface area contributed by atoms with Crippen LogP contribution in [-0.2, 0) is 16.4 Å². The van der Waals surface area contributed by atoms with Crippen LogP contribution in [0, 0.1) is 13.8 Å². The number of hydrogen-bond donors (Lipinski definition) is 1. The highest BCUT2D eigenvalue weighted by Gasteiger charge is 2.33. The molecule has 0 aliphatic carbocycles. The summed E-state index contributed by atoms with van der Waals surface area (Å²) in [5, 5.41) is 10.7. The molecule has 9 nitrogen and oxygen atoms in total. The summed E-state index contributed by atoms with van der Waals surface area (Å²) < 4.78 is 32.4. The Hall–Kier alpha value is -2.20. The molecule has 0 spiro atoms. The number of aromatic nitrogens is 3. The number of amides is 1. The maximum Gasteiger partial charge on any atom is 0.274 e. The summed E-state index contributed by atoms with van der Waals surface area (Å²) in [5.74, 6) is 0.106. The molecule has 0 unspecified atom stereocenters. The second kappa shape index (κ2) is 7.81. The first kappa shape index (κ1) is 19.6. The van der Waals surface area contributed by atoms with Crippen LogP contribution in [0.1, 0.15) is 47.4 Å². The van der Waals surface area contributed by atoms with E-state index in [0.717, 1.165) is 18.5 Å². The zero-order valence-corrected chi connectivity index (χ0v) is 16.7. The summed E-state index contributed by atoms with van der Waals surface area (Å²) in [6.45, 7) is 6.64. The lowest BCUT2D eigenvalue weighted by Crippen LogP contribution is -2.37. The van der Waals surface area contributed by atoms with E-state index in [9.17, 15) is 13.2 Å². The number of nitrogens with zero attached hydrogens (tertiary/aromatic N) is 4. The number of aromatic amines is 1. The zero-order valence-electron chi connectivity index (χ0n) is 15.9. The molecule has 2 aromatic heterocycles. The van der Waals surface area contributed by atoms with Crippen LogP contribution in [0.4, 0.5) is 0 Å². The molecule has 1 fully saturated rings. The van der Waals surface area contributed by atoms with Gasteiger partial charge in [-0.25, -0.2) is 8.42 Å². The first-order valence-corrected chi connectivity index (χ1v) is 10.5. The van der Waals surface area contributed by atoms with Crippen molar-refractivity contribution >= 4 is 15.9 Å². The van der Waals surface area contributed by atoms with Crippen molar-refractivity contribution in [1.29, 1.82) is 0 Å². The molecule has 1 N–H and O–H groups in total. The van der Waals surface area contributed by atoms with Gasteiger partial charge in [0.2, 0.25) is 10.0 Å². The van der Waals surface area contributed by atoms with E-state index in [4.69, 9.17) is 4.52 Å². The van der Waals surface area contributed by atoms with Gasteiger partial charge < -0.3 is 9.42 Å². The van der Waals surface area contributed by atoms with Crippen LogP contribution < -0.4 is 0 Å². The van der Waals surface area contributed by atoms with E-state index >= 15 is 0 Å². The standard InChI is InChI=1S/C17H25N5O4S/c1-4-6-14-11-15(19-18-14)17(23)21-7-5-8-22(10-9-21)27(24,25)16-12(2)20-26-13(16)3/h11H,4-10H2,1-3H3,(H,18,19). The van der Waals surface area contributed by atoms with Gasteiger partial charge in [-0.05, 0) is 32.8 Å². The molecule has 1 aliphatic heterocycles. The van der Waals surface area contributed by atoms with E-state index in [-0.39, 0.29) is 23.1 Å². The highest BCUT2D eigenvalue weighted by molar-refractivity contribution is 7.89. The van der Waals surface area contributed by atoms with Crippen LogP contribution in [0.3, 0.4) is 0 Å². The molecule has 0 saturated carbocycles. The zero-order chi connectivity index (χ0) is 19.6. The largest absolute Gasteiger partial charge is 0.360 e. The van der Waals surface area contributed by atoms with Gasteiger partial charge in [-0.15, -0.1) is 0 Å². The Morgan fingerprint density at radius 2 is 2.04 bits per heavy atom. The lowest BCUT2D eigenvalue weighted by molar-refractivity contribution is 0.0758. The molecule has 1 aliphatic rings. The number of H-pyrrole nitrogens is 1. The summed E-state index contributed by atoms with van der Waals surface area (Å²) in [6, 6.07) is 1.77. The molecule has 2 aromatic rings. The molecule has 3 rings (SSSR count). The van der Waals surface area contributed by atoms with Crippen molar-refractivity contribution in [2.75, 3.05) is 26.2 Å². The van der Waals surface area contributed by atoms with Gasteiger partial charge >= 0.3 is 0 Å². The van der Waals surface area contributed by atoms with Gasteiger partial charge in [0.1, 0.15) is 16.3 Å². The third-order valence-electron chi connectivity index (χ3n) is 4.68. The summed E-state index contributed by atoms with van der Waals surface area (Å²) >= 11 is 0. The molecular formula is C17H25N5O4S. The minimum absolute atomic E-state index is 0.124.